The largest absolute Gasteiger partial charge is 0.493 e. The molecule has 0 radical (unpaired) electrons. The molecular formula is C15H19ClO5. The van der Waals surface area contributed by atoms with Crippen LogP contribution in [0.3, 0.4) is 0 Å². The quantitative estimate of drug-likeness (QED) is 0.544. The Morgan fingerprint density at radius 2 is 1.67 bits per heavy atom. The highest BCUT2D eigenvalue weighted by atomic mass is 35.5. The van der Waals surface area contributed by atoms with Crippen molar-refractivity contribution in [3.05, 3.63) is 22.7 Å². The minimum Gasteiger partial charge on any atom is -0.493 e. The van der Waals surface area contributed by atoms with E-state index in [0.717, 1.165) is 0 Å². The number of ketones is 1. The number of carbonyl (C=O) groups is 2. The zero-order valence-corrected chi connectivity index (χ0v) is 13.2. The van der Waals surface area contributed by atoms with Crippen LogP contribution in [-0.4, -0.2) is 32.1 Å². The lowest BCUT2D eigenvalue weighted by atomic mass is 10.1. The number of hydrogen-bond donors (Lipinski definition) is 0. The van der Waals surface area contributed by atoms with Crippen LogP contribution in [0.15, 0.2) is 12.1 Å². The zero-order chi connectivity index (χ0) is 15.8. The van der Waals surface area contributed by atoms with E-state index in [2.05, 4.69) is 4.74 Å². The van der Waals surface area contributed by atoms with Gasteiger partial charge in [-0.25, -0.2) is 0 Å². The van der Waals surface area contributed by atoms with Crippen LogP contribution in [0.25, 0.3) is 0 Å². The third-order valence-electron chi connectivity index (χ3n) is 2.72. The lowest BCUT2D eigenvalue weighted by Gasteiger charge is -2.13. The molecule has 1 aromatic rings. The molecule has 0 bridgehead atoms. The van der Waals surface area contributed by atoms with Gasteiger partial charge in [0.1, 0.15) is 11.5 Å². The molecule has 0 aliphatic rings. The number of ether oxygens (including phenoxy) is 3. The maximum atomic E-state index is 12.2. The number of carbonyl (C=O) groups excluding carboxylic acids is 2. The molecule has 0 aliphatic heterocycles. The molecule has 0 fully saturated rings. The second kappa shape index (κ2) is 8.52. The molecule has 6 heteroatoms. The van der Waals surface area contributed by atoms with E-state index >= 15 is 0 Å². The molecule has 116 valence electrons. The molecule has 0 atom stereocenters. The van der Waals surface area contributed by atoms with Crippen molar-refractivity contribution in [1.82, 2.24) is 0 Å². The minimum atomic E-state index is -0.432. The summed E-state index contributed by atoms with van der Waals surface area (Å²) in [6.45, 7) is 4.52. The van der Waals surface area contributed by atoms with Gasteiger partial charge in [0.05, 0.1) is 37.3 Å². The van der Waals surface area contributed by atoms with E-state index in [4.69, 9.17) is 21.1 Å². The predicted octanol–water partition coefficient (Wildman–Crippen LogP) is 3.27. The molecule has 0 saturated carbocycles. The fraction of sp³-hybridized carbons (Fsp3) is 0.467. The van der Waals surface area contributed by atoms with E-state index in [1.54, 1.807) is 6.07 Å². The van der Waals surface area contributed by atoms with Gasteiger partial charge in [0.25, 0.3) is 0 Å². The first-order chi connectivity index (χ1) is 10.0. The van der Waals surface area contributed by atoms with Crippen LogP contribution in [0.2, 0.25) is 5.02 Å². The van der Waals surface area contributed by atoms with Crippen LogP contribution in [-0.2, 0) is 9.53 Å². The second-order valence-corrected chi connectivity index (χ2v) is 4.55. The summed E-state index contributed by atoms with van der Waals surface area (Å²) in [6, 6.07) is 3.11. The summed E-state index contributed by atoms with van der Waals surface area (Å²) in [4.78, 5) is 23.3. The highest BCUT2D eigenvalue weighted by Crippen LogP contribution is 2.33. The summed E-state index contributed by atoms with van der Waals surface area (Å²) in [7, 11) is 1.28. The van der Waals surface area contributed by atoms with Gasteiger partial charge in [0.15, 0.2) is 5.78 Å². The monoisotopic (exact) mass is 314 g/mol. The number of methoxy groups -OCH3 is 1. The number of Topliss-reactive ketones (excluding diaryl/α,β-unsaturated/α-hetero) is 1. The van der Waals surface area contributed by atoms with Gasteiger partial charge >= 0.3 is 5.97 Å². The Morgan fingerprint density at radius 1 is 1.05 bits per heavy atom. The molecule has 0 spiro atoms. The molecule has 21 heavy (non-hydrogen) atoms. The third-order valence-corrected chi connectivity index (χ3v) is 3.01. The number of halogens is 1. The van der Waals surface area contributed by atoms with Gasteiger partial charge < -0.3 is 14.2 Å². The average molecular weight is 315 g/mol. The molecular weight excluding hydrogens is 296 g/mol. The van der Waals surface area contributed by atoms with Crippen LogP contribution < -0.4 is 9.47 Å². The van der Waals surface area contributed by atoms with Crippen molar-refractivity contribution in [2.75, 3.05) is 20.3 Å². The van der Waals surface area contributed by atoms with Crippen molar-refractivity contribution in [2.45, 2.75) is 26.7 Å². The molecule has 0 unspecified atom stereocenters. The van der Waals surface area contributed by atoms with Crippen LogP contribution >= 0.6 is 11.6 Å². The Balaban J connectivity index is 3.00. The summed E-state index contributed by atoms with van der Waals surface area (Å²) in [5.41, 5.74) is 0.342. The van der Waals surface area contributed by atoms with Crippen LogP contribution in [0.5, 0.6) is 11.5 Å². The lowest BCUT2D eigenvalue weighted by Crippen LogP contribution is -2.08. The van der Waals surface area contributed by atoms with E-state index in [1.807, 2.05) is 13.8 Å². The molecule has 0 heterocycles. The molecule has 0 amide bonds. The average Bonchev–Trinajstić information content (AvgIpc) is 2.47. The van der Waals surface area contributed by atoms with Crippen molar-refractivity contribution in [1.29, 1.82) is 0 Å². The topological polar surface area (TPSA) is 61.8 Å². The molecule has 0 aromatic heterocycles. The van der Waals surface area contributed by atoms with Crippen LogP contribution in [0.4, 0.5) is 0 Å². The predicted molar refractivity (Wildman–Crippen MR) is 79.4 cm³/mol. The molecule has 1 aromatic carbocycles. The summed E-state index contributed by atoms with van der Waals surface area (Å²) < 4.78 is 15.4. The van der Waals surface area contributed by atoms with Gasteiger partial charge in [-0.15, -0.1) is 0 Å². The molecule has 0 N–H and O–H groups in total. The first-order valence-corrected chi connectivity index (χ1v) is 7.10. The Morgan fingerprint density at radius 3 is 2.24 bits per heavy atom. The molecule has 5 nitrogen and oxygen atoms in total. The van der Waals surface area contributed by atoms with Crippen molar-refractivity contribution >= 4 is 23.4 Å². The number of benzene rings is 1. The SMILES string of the molecule is CCOc1cc(OCC)c(C(=O)CCC(=O)OC)cc1Cl. The van der Waals surface area contributed by atoms with Gasteiger partial charge in [0, 0.05) is 12.5 Å². The highest BCUT2D eigenvalue weighted by molar-refractivity contribution is 6.32. The fourth-order valence-corrected chi connectivity index (χ4v) is 1.96. The van der Waals surface area contributed by atoms with Gasteiger partial charge in [-0.2, -0.15) is 0 Å². The maximum absolute atomic E-state index is 12.2. The Hall–Kier alpha value is -1.75. The standard InChI is InChI=1S/C15H19ClO5/c1-4-20-13-9-14(21-5-2)11(16)8-10(13)12(17)6-7-15(18)19-3/h8-9H,4-7H2,1-3H3. The molecule has 1 rings (SSSR count). The first kappa shape index (κ1) is 17.3. The fourth-order valence-electron chi connectivity index (χ4n) is 1.75. The highest BCUT2D eigenvalue weighted by Gasteiger charge is 2.18. The normalized spacial score (nSPS) is 10.1. The van der Waals surface area contributed by atoms with Crippen molar-refractivity contribution in [2.24, 2.45) is 0 Å². The van der Waals surface area contributed by atoms with E-state index in [-0.39, 0.29) is 18.6 Å². The number of hydrogen-bond acceptors (Lipinski definition) is 5. The van der Waals surface area contributed by atoms with Gasteiger partial charge in [-0.05, 0) is 19.9 Å². The lowest BCUT2D eigenvalue weighted by molar-refractivity contribution is -0.140. The number of esters is 1. The minimum absolute atomic E-state index is 0.0196. The van der Waals surface area contributed by atoms with E-state index in [9.17, 15) is 9.59 Å². The maximum Gasteiger partial charge on any atom is 0.305 e. The number of rotatable bonds is 8. The summed E-state index contributed by atoms with van der Waals surface area (Å²) in [5.74, 6) is 0.208. The molecule has 0 saturated heterocycles. The van der Waals surface area contributed by atoms with Gasteiger partial charge in [0.2, 0.25) is 0 Å². The Kier molecular flexibility index (Phi) is 7.02. The molecule has 0 aliphatic carbocycles. The van der Waals surface area contributed by atoms with Gasteiger partial charge in [-0.3, -0.25) is 9.59 Å². The summed E-state index contributed by atoms with van der Waals surface area (Å²) in [5, 5.41) is 0.335. The summed E-state index contributed by atoms with van der Waals surface area (Å²) >= 11 is 6.09. The second-order valence-electron chi connectivity index (χ2n) is 4.14. The smallest absolute Gasteiger partial charge is 0.305 e. The van der Waals surface area contributed by atoms with E-state index in [0.29, 0.717) is 35.3 Å². The van der Waals surface area contributed by atoms with Crippen LogP contribution in [0.1, 0.15) is 37.0 Å². The van der Waals surface area contributed by atoms with Crippen LogP contribution in [0, 0.1) is 0 Å². The van der Waals surface area contributed by atoms with Crippen molar-refractivity contribution < 1.29 is 23.8 Å². The van der Waals surface area contributed by atoms with Gasteiger partial charge in [-0.1, -0.05) is 11.6 Å². The first-order valence-electron chi connectivity index (χ1n) is 6.72. The van der Waals surface area contributed by atoms with E-state index in [1.165, 1.54) is 13.2 Å². The van der Waals surface area contributed by atoms with E-state index < -0.39 is 5.97 Å². The Bertz CT molecular complexity index is 513. The van der Waals surface area contributed by atoms with Crippen molar-refractivity contribution in [3.63, 3.8) is 0 Å². The third kappa shape index (κ3) is 4.93. The Labute approximate surface area is 129 Å². The summed E-state index contributed by atoms with van der Waals surface area (Å²) in [6.07, 6.45) is 0.0583. The zero-order valence-electron chi connectivity index (χ0n) is 12.4. The van der Waals surface area contributed by atoms with Crippen molar-refractivity contribution in [3.8, 4) is 11.5 Å².